The molecule has 1 aliphatic heterocycles. The number of benzene rings is 2. The second-order valence-electron chi connectivity index (χ2n) is 5.65. The first-order chi connectivity index (χ1) is 9.72. The van der Waals surface area contributed by atoms with Gasteiger partial charge < -0.3 is 10.5 Å². The van der Waals surface area contributed by atoms with E-state index in [0.717, 1.165) is 36.9 Å². The molecule has 0 aliphatic carbocycles. The van der Waals surface area contributed by atoms with E-state index in [9.17, 15) is 0 Å². The fourth-order valence-corrected chi connectivity index (χ4v) is 3.32. The summed E-state index contributed by atoms with van der Waals surface area (Å²) < 4.78 is 6.53. The fourth-order valence-electron chi connectivity index (χ4n) is 2.94. The summed E-state index contributed by atoms with van der Waals surface area (Å²) in [6.07, 6.45) is 3.36. The number of hydrogen-bond donors (Lipinski definition) is 1. The Hall–Kier alpha value is -0.900. The largest absolute Gasteiger partial charge is 0.381 e. The second kappa shape index (κ2) is 6.25. The van der Waals surface area contributed by atoms with Crippen LogP contribution in [0, 0.1) is 5.92 Å². The zero-order chi connectivity index (χ0) is 13.9. The zero-order valence-electron chi connectivity index (χ0n) is 11.5. The van der Waals surface area contributed by atoms with Gasteiger partial charge in [0.1, 0.15) is 0 Å². The third-order valence-electron chi connectivity index (χ3n) is 4.18. The second-order valence-corrected chi connectivity index (χ2v) is 6.56. The molecule has 0 bridgehead atoms. The average Bonchev–Trinajstić information content (AvgIpc) is 2.47. The maximum Gasteiger partial charge on any atom is 0.0468 e. The molecule has 2 N–H and O–H groups in total. The molecule has 20 heavy (non-hydrogen) atoms. The summed E-state index contributed by atoms with van der Waals surface area (Å²) in [4.78, 5) is 0. The van der Waals surface area contributed by atoms with Gasteiger partial charge in [-0.25, -0.2) is 0 Å². The zero-order valence-corrected chi connectivity index (χ0v) is 13.1. The molecule has 1 heterocycles. The number of hydrogen-bond acceptors (Lipinski definition) is 2. The first kappa shape index (κ1) is 14.1. The molecular weight excluding hydrogens is 314 g/mol. The van der Waals surface area contributed by atoms with Gasteiger partial charge >= 0.3 is 0 Å². The molecule has 0 radical (unpaired) electrons. The third-order valence-corrected chi connectivity index (χ3v) is 4.68. The van der Waals surface area contributed by atoms with E-state index in [2.05, 4.69) is 52.3 Å². The summed E-state index contributed by atoms with van der Waals surface area (Å²) in [6.45, 7) is 1.78. The molecule has 3 heteroatoms. The molecule has 0 spiro atoms. The highest BCUT2D eigenvalue weighted by atomic mass is 79.9. The van der Waals surface area contributed by atoms with Crippen molar-refractivity contribution in [3.8, 4) is 0 Å². The Kier molecular flexibility index (Phi) is 4.39. The van der Waals surface area contributed by atoms with E-state index in [4.69, 9.17) is 10.5 Å². The van der Waals surface area contributed by atoms with Crippen LogP contribution in [0.1, 0.15) is 30.9 Å². The molecule has 2 nitrogen and oxygen atoms in total. The van der Waals surface area contributed by atoms with E-state index in [1.807, 2.05) is 0 Å². The van der Waals surface area contributed by atoms with E-state index in [-0.39, 0.29) is 6.04 Å². The van der Waals surface area contributed by atoms with Gasteiger partial charge in [-0.15, -0.1) is 0 Å². The van der Waals surface area contributed by atoms with Crippen LogP contribution in [0.5, 0.6) is 0 Å². The normalized spacial score (nSPS) is 18.3. The Labute approximate surface area is 128 Å². The molecule has 106 valence electrons. The molecule has 2 aromatic rings. The number of nitrogens with two attached hydrogens (primary N) is 1. The SMILES string of the molecule is NC(CC1CCOCC1)c1ccc2cc(Br)ccc2c1. The number of rotatable bonds is 3. The van der Waals surface area contributed by atoms with Gasteiger partial charge in [-0.05, 0) is 59.7 Å². The van der Waals surface area contributed by atoms with E-state index >= 15 is 0 Å². The smallest absolute Gasteiger partial charge is 0.0468 e. The van der Waals surface area contributed by atoms with Crippen LogP contribution < -0.4 is 5.73 Å². The quantitative estimate of drug-likeness (QED) is 0.902. The van der Waals surface area contributed by atoms with Crippen LogP contribution in [0.25, 0.3) is 10.8 Å². The lowest BCUT2D eigenvalue weighted by Crippen LogP contribution is -2.21. The summed E-state index contributed by atoms with van der Waals surface area (Å²) >= 11 is 3.51. The number of fused-ring (bicyclic) bond motifs is 1. The summed E-state index contributed by atoms with van der Waals surface area (Å²) in [5, 5.41) is 2.51. The predicted octanol–water partition coefficient (Wildman–Crippen LogP) is 4.42. The summed E-state index contributed by atoms with van der Waals surface area (Å²) in [7, 11) is 0. The van der Waals surface area contributed by atoms with Crippen LogP contribution in [-0.2, 0) is 4.74 Å². The van der Waals surface area contributed by atoms with Crippen molar-refractivity contribution in [2.75, 3.05) is 13.2 Å². The molecule has 1 aliphatic rings. The molecule has 1 atom stereocenters. The molecule has 0 amide bonds. The van der Waals surface area contributed by atoms with Crippen molar-refractivity contribution in [2.45, 2.75) is 25.3 Å². The minimum atomic E-state index is 0.131. The van der Waals surface area contributed by atoms with Gasteiger partial charge in [0.15, 0.2) is 0 Å². The molecular formula is C17H20BrNO. The van der Waals surface area contributed by atoms with Crippen LogP contribution in [0.15, 0.2) is 40.9 Å². The Bertz CT molecular complexity index is 593. The van der Waals surface area contributed by atoms with E-state index < -0.39 is 0 Å². The van der Waals surface area contributed by atoms with Gasteiger partial charge in [0.05, 0.1) is 0 Å². The Balaban J connectivity index is 1.76. The third kappa shape index (κ3) is 3.22. The molecule has 2 aromatic carbocycles. The summed E-state index contributed by atoms with van der Waals surface area (Å²) in [5.41, 5.74) is 7.64. The van der Waals surface area contributed by atoms with Gasteiger partial charge in [-0.3, -0.25) is 0 Å². The summed E-state index contributed by atoms with van der Waals surface area (Å²) in [5.74, 6) is 0.708. The Morgan fingerprint density at radius 1 is 1.10 bits per heavy atom. The van der Waals surface area contributed by atoms with E-state index in [1.54, 1.807) is 0 Å². The van der Waals surface area contributed by atoms with Crippen LogP contribution in [0.4, 0.5) is 0 Å². The van der Waals surface area contributed by atoms with Crippen molar-refractivity contribution >= 4 is 26.7 Å². The van der Waals surface area contributed by atoms with Gasteiger partial charge in [-0.1, -0.05) is 34.1 Å². The van der Waals surface area contributed by atoms with Crippen LogP contribution in [0.2, 0.25) is 0 Å². The van der Waals surface area contributed by atoms with E-state index in [0.29, 0.717) is 5.92 Å². The van der Waals surface area contributed by atoms with Crippen LogP contribution in [-0.4, -0.2) is 13.2 Å². The Morgan fingerprint density at radius 3 is 2.60 bits per heavy atom. The molecule has 1 fully saturated rings. The lowest BCUT2D eigenvalue weighted by atomic mass is 9.89. The highest BCUT2D eigenvalue weighted by Gasteiger charge is 2.18. The lowest BCUT2D eigenvalue weighted by Gasteiger charge is -2.25. The van der Waals surface area contributed by atoms with Crippen LogP contribution >= 0.6 is 15.9 Å². The average molecular weight is 334 g/mol. The van der Waals surface area contributed by atoms with Gasteiger partial charge in [0, 0.05) is 23.7 Å². The van der Waals surface area contributed by atoms with Crippen molar-refractivity contribution in [1.29, 1.82) is 0 Å². The number of halogens is 1. The fraction of sp³-hybridized carbons (Fsp3) is 0.412. The molecule has 3 rings (SSSR count). The van der Waals surface area contributed by atoms with Crippen molar-refractivity contribution in [2.24, 2.45) is 11.7 Å². The minimum absolute atomic E-state index is 0.131. The highest BCUT2D eigenvalue weighted by Crippen LogP contribution is 2.28. The molecule has 0 aromatic heterocycles. The van der Waals surface area contributed by atoms with Crippen molar-refractivity contribution in [3.63, 3.8) is 0 Å². The van der Waals surface area contributed by atoms with Crippen LogP contribution in [0.3, 0.4) is 0 Å². The predicted molar refractivity (Wildman–Crippen MR) is 86.7 cm³/mol. The van der Waals surface area contributed by atoms with Crippen molar-refractivity contribution in [3.05, 3.63) is 46.4 Å². The molecule has 1 saturated heterocycles. The maximum atomic E-state index is 6.40. The van der Waals surface area contributed by atoms with E-state index in [1.165, 1.54) is 16.3 Å². The van der Waals surface area contributed by atoms with Gasteiger partial charge in [0.2, 0.25) is 0 Å². The molecule has 0 saturated carbocycles. The Morgan fingerprint density at radius 2 is 1.80 bits per heavy atom. The van der Waals surface area contributed by atoms with Crippen molar-refractivity contribution < 1.29 is 4.74 Å². The topological polar surface area (TPSA) is 35.2 Å². The van der Waals surface area contributed by atoms with Crippen molar-refractivity contribution in [1.82, 2.24) is 0 Å². The molecule has 1 unspecified atom stereocenters. The van der Waals surface area contributed by atoms with Gasteiger partial charge in [-0.2, -0.15) is 0 Å². The minimum Gasteiger partial charge on any atom is -0.381 e. The maximum absolute atomic E-state index is 6.40. The highest BCUT2D eigenvalue weighted by molar-refractivity contribution is 9.10. The lowest BCUT2D eigenvalue weighted by molar-refractivity contribution is 0.0618. The number of ether oxygens (including phenoxy) is 1. The standard InChI is InChI=1S/C17H20BrNO/c18-16-4-3-13-10-15(2-1-14(13)11-16)17(19)9-12-5-7-20-8-6-12/h1-4,10-12,17H,5-9,19H2. The first-order valence-electron chi connectivity index (χ1n) is 7.25. The summed E-state index contributed by atoms with van der Waals surface area (Å²) in [6, 6.07) is 13.1. The van der Waals surface area contributed by atoms with Gasteiger partial charge in [0.25, 0.3) is 0 Å². The first-order valence-corrected chi connectivity index (χ1v) is 8.04. The monoisotopic (exact) mass is 333 g/mol.